The summed E-state index contributed by atoms with van der Waals surface area (Å²) in [6.07, 6.45) is 1.32. The molecule has 0 aliphatic heterocycles. The number of methoxy groups -OCH3 is 1. The van der Waals surface area contributed by atoms with Crippen LogP contribution in [0, 0.1) is 5.82 Å². The fourth-order valence-electron chi connectivity index (χ4n) is 1.05. The number of pyridine rings is 1. The van der Waals surface area contributed by atoms with Gasteiger partial charge < -0.3 is 9.84 Å². The first-order chi connectivity index (χ1) is 6.57. The van der Waals surface area contributed by atoms with Gasteiger partial charge in [-0.25, -0.2) is 9.37 Å². The molecule has 0 aliphatic carbocycles. The molecule has 4 nitrogen and oxygen atoms in total. The first-order valence-corrected chi connectivity index (χ1v) is 3.99. The van der Waals surface area contributed by atoms with Crippen molar-refractivity contribution < 1.29 is 19.0 Å². The van der Waals surface area contributed by atoms with Gasteiger partial charge >= 0.3 is 5.97 Å². The highest BCUT2D eigenvalue weighted by Crippen LogP contribution is 2.23. The molecule has 1 atom stereocenters. The second-order valence-electron chi connectivity index (χ2n) is 2.78. The zero-order chi connectivity index (χ0) is 10.7. The number of aliphatic carboxylic acids is 1. The van der Waals surface area contributed by atoms with Gasteiger partial charge in [0.1, 0.15) is 0 Å². The molecule has 0 saturated heterocycles. The predicted molar refractivity (Wildman–Crippen MR) is 46.8 cm³/mol. The first-order valence-electron chi connectivity index (χ1n) is 3.99. The molecule has 76 valence electrons. The maximum atomic E-state index is 13.4. The van der Waals surface area contributed by atoms with E-state index in [-0.39, 0.29) is 11.4 Å². The van der Waals surface area contributed by atoms with Gasteiger partial charge in [-0.05, 0) is 13.0 Å². The molecule has 1 heterocycles. The summed E-state index contributed by atoms with van der Waals surface area (Å²) >= 11 is 0. The largest absolute Gasteiger partial charge is 0.481 e. The summed E-state index contributed by atoms with van der Waals surface area (Å²) in [6.45, 7) is 1.40. The Kier molecular flexibility index (Phi) is 3.01. The fraction of sp³-hybridized carbons (Fsp3) is 0.333. The van der Waals surface area contributed by atoms with Gasteiger partial charge in [0.05, 0.1) is 13.0 Å². The van der Waals surface area contributed by atoms with Crippen LogP contribution < -0.4 is 4.74 Å². The van der Waals surface area contributed by atoms with Crippen molar-refractivity contribution in [3.63, 3.8) is 0 Å². The van der Waals surface area contributed by atoms with E-state index in [9.17, 15) is 9.18 Å². The number of halogens is 1. The normalized spacial score (nSPS) is 12.2. The Balaban J connectivity index is 3.15. The highest BCUT2D eigenvalue weighted by atomic mass is 19.1. The van der Waals surface area contributed by atoms with E-state index in [4.69, 9.17) is 5.11 Å². The zero-order valence-electron chi connectivity index (χ0n) is 7.82. The summed E-state index contributed by atoms with van der Waals surface area (Å²) < 4.78 is 18.1. The predicted octanol–water partition coefficient (Wildman–Crippen LogP) is 1.42. The monoisotopic (exact) mass is 199 g/mol. The third-order valence-electron chi connectivity index (χ3n) is 1.92. The number of ether oxygens (including phenoxy) is 1. The van der Waals surface area contributed by atoms with E-state index in [1.165, 1.54) is 26.3 Å². The summed E-state index contributed by atoms with van der Waals surface area (Å²) in [5.74, 6) is -2.90. The Labute approximate surface area is 80.3 Å². The maximum absolute atomic E-state index is 13.4. The van der Waals surface area contributed by atoms with Crippen LogP contribution in [0.25, 0.3) is 0 Å². The van der Waals surface area contributed by atoms with Crippen molar-refractivity contribution in [3.05, 3.63) is 23.6 Å². The smallest absolute Gasteiger partial charge is 0.310 e. The van der Waals surface area contributed by atoms with Crippen LogP contribution in [0.4, 0.5) is 4.39 Å². The van der Waals surface area contributed by atoms with Gasteiger partial charge in [0.25, 0.3) is 0 Å². The number of nitrogens with zero attached hydrogens (tertiary/aromatic N) is 1. The van der Waals surface area contributed by atoms with E-state index < -0.39 is 17.7 Å². The molecule has 0 spiro atoms. The highest BCUT2D eigenvalue weighted by molar-refractivity contribution is 5.75. The Morgan fingerprint density at radius 1 is 1.71 bits per heavy atom. The molecule has 0 radical (unpaired) electrons. The van der Waals surface area contributed by atoms with Crippen LogP contribution in [0.2, 0.25) is 0 Å². The first kappa shape index (κ1) is 10.4. The molecular formula is C9H10FNO3. The lowest BCUT2D eigenvalue weighted by Gasteiger charge is -2.09. The number of rotatable bonds is 3. The molecule has 0 fully saturated rings. The second kappa shape index (κ2) is 4.04. The van der Waals surface area contributed by atoms with Gasteiger partial charge in [-0.15, -0.1) is 0 Å². The van der Waals surface area contributed by atoms with Gasteiger partial charge in [-0.1, -0.05) is 0 Å². The van der Waals surface area contributed by atoms with Crippen molar-refractivity contribution in [3.8, 4) is 5.88 Å². The van der Waals surface area contributed by atoms with Gasteiger partial charge in [0, 0.05) is 11.8 Å². The Bertz CT molecular complexity index is 354. The third-order valence-corrected chi connectivity index (χ3v) is 1.92. The van der Waals surface area contributed by atoms with Crippen molar-refractivity contribution in [1.29, 1.82) is 0 Å². The van der Waals surface area contributed by atoms with E-state index >= 15 is 0 Å². The topological polar surface area (TPSA) is 59.4 Å². The molecule has 0 bridgehead atoms. The number of hydrogen-bond donors (Lipinski definition) is 1. The number of carbonyl (C=O) groups is 1. The van der Waals surface area contributed by atoms with Gasteiger partial charge in [-0.3, -0.25) is 4.79 Å². The van der Waals surface area contributed by atoms with Crippen molar-refractivity contribution in [1.82, 2.24) is 4.98 Å². The number of hydrogen-bond acceptors (Lipinski definition) is 3. The van der Waals surface area contributed by atoms with Crippen LogP contribution in [0.3, 0.4) is 0 Å². The Morgan fingerprint density at radius 2 is 2.36 bits per heavy atom. The Hall–Kier alpha value is -1.65. The summed E-state index contributed by atoms with van der Waals surface area (Å²) in [5, 5.41) is 8.70. The molecule has 0 amide bonds. The van der Waals surface area contributed by atoms with E-state index in [1.807, 2.05) is 0 Å². The summed E-state index contributed by atoms with van der Waals surface area (Å²) in [4.78, 5) is 14.2. The number of carboxylic acid groups (broad SMARTS) is 1. The average Bonchev–Trinajstić information content (AvgIpc) is 2.17. The van der Waals surface area contributed by atoms with Gasteiger partial charge in [-0.2, -0.15) is 0 Å². The second-order valence-corrected chi connectivity index (χ2v) is 2.78. The van der Waals surface area contributed by atoms with Crippen LogP contribution in [-0.4, -0.2) is 23.2 Å². The van der Waals surface area contributed by atoms with E-state index in [2.05, 4.69) is 9.72 Å². The number of aromatic nitrogens is 1. The summed E-state index contributed by atoms with van der Waals surface area (Å²) in [7, 11) is 1.28. The average molecular weight is 199 g/mol. The molecule has 1 N–H and O–H groups in total. The lowest BCUT2D eigenvalue weighted by atomic mass is 10.0. The molecular weight excluding hydrogens is 189 g/mol. The van der Waals surface area contributed by atoms with Crippen LogP contribution in [-0.2, 0) is 4.79 Å². The van der Waals surface area contributed by atoms with Crippen molar-refractivity contribution in [2.45, 2.75) is 12.8 Å². The van der Waals surface area contributed by atoms with Crippen LogP contribution in [0.15, 0.2) is 12.3 Å². The zero-order valence-corrected chi connectivity index (χ0v) is 7.82. The lowest BCUT2D eigenvalue weighted by Crippen LogP contribution is -2.10. The molecule has 1 rings (SSSR count). The molecule has 0 saturated carbocycles. The fourth-order valence-corrected chi connectivity index (χ4v) is 1.05. The van der Waals surface area contributed by atoms with E-state index in [0.29, 0.717) is 0 Å². The van der Waals surface area contributed by atoms with Crippen molar-refractivity contribution in [2.75, 3.05) is 7.11 Å². The van der Waals surface area contributed by atoms with Crippen LogP contribution >= 0.6 is 0 Å². The summed E-state index contributed by atoms with van der Waals surface area (Å²) in [5.41, 5.74) is 0.0735. The minimum absolute atomic E-state index is 0.0735. The summed E-state index contributed by atoms with van der Waals surface area (Å²) in [6, 6.07) is 1.33. The van der Waals surface area contributed by atoms with Crippen molar-refractivity contribution in [2.24, 2.45) is 0 Å². The highest BCUT2D eigenvalue weighted by Gasteiger charge is 2.20. The SMILES string of the molecule is COc1nccc(C(C)C(=O)O)c1F. The third kappa shape index (κ3) is 1.81. The number of carboxylic acids is 1. The minimum atomic E-state index is -1.09. The standard InChI is InChI=1S/C9H10FNO3/c1-5(9(12)13)6-3-4-11-8(14-2)7(6)10/h3-5H,1-2H3,(H,12,13). The van der Waals surface area contributed by atoms with Gasteiger partial charge in [0.2, 0.25) is 5.88 Å². The molecule has 1 unspecified atom stereocenters. The maximum Gasteiger partial charge on any atom is 0.310 e. The van der Waals surface area contributed by atoms with E-state index in [1.54, 1.807) is 0 Å². The molecule has 14 heavy (non-hydrogen) atoms. The molecule has 0 aromatic carbocycles. The quantitative estimate of drug-likeness (QED) is 0.799. The molecule has 1 aromatic rings. The van der Waals surface area contributed by atoms with Gasteiger partial charge in [0.15, 0.2) is 5.82 Å². The lowest BCUT2D eigenvalue weighted by molar-refractivity contribution is -0.138. The van der Waals surface area contributed by atoms with Crippen molar-refractivity contribution >= 4 is 5.97 Å². The minimum Gasteiger partial charge on any atom is -0.481 e. The molecule has 0 aliphatic rings. The van der Waals surface area contributed by atoms with Crippen LogP contribution in [0.1, 0.15) is 18.4 Å². The molecule has 1 aromatic heterocycles. The van der Waals surface area contributed by atoms with Crippen LogP contribution in [0.5, 0.6) is 5.88 Å². The Morgan fingerprint density at radius 3 is 2.86 bits per heavy atom. The van der Waals surface area contributed by atoms with E-state index in [0.717, 1.165) is 0 Å². The molecule has 5 heteroatoms.